The van der Waals surface area contributed by atoms with E-state index in [0.29, 0.717) is 130 Å². The van der Waals surface area contributed by atoms with Gasteiger partial charge in [0.05, 0.1) is 44.3 Å². The molecule has 18 nitrogen and oxygen atoms in total. The second-order valence-corrected chi connectivity index (χ2v) is 35.5. The SMILES string of the molecule is CC[C@H](CN1CC[C@@H](CNC(=O)c2ccc(Cl)c(Cl)c2)N[C@@H](CCN2CC(C)CC(C)C2)C1=O)c1ccccc1.CC[C@H](CN1CC[C@@H](CNC(=O)c2ccc(Cl)c(Cl)c2)N[C@@H](CCN2CCC(O)CC2)C1=O)c1ccccc1.CC[C@H](CN1CC[C@@H](CNC(=O)c2ccc3cc(Cl)ccc3c2)N[C@@H](CCC(C)C)C1=O)c1ccccc1. The number of benzene rings is 7. The summed E-state index contributed by atoms with van der Waals surface area (Å²) in [5.41, 5.74) is 5.34. The first-order valence-corrected chi connectivity index (χ1v) is 44.7. The molecule has 0 saturated carbocycles. The number of piperidine rings is 2. The third-order valence-electron chi connectivity index (χ3n) is 24.0. The fraction of sp³-hybridized carbons (Fsp3) is 0.511. The molecule has 5 heterocycles. The molecule has 7 aromatic rings. The fourth-order valence-corrected chi connectivity index (χ4v) is 17.9. The van der Waals surface area contributed by atoms with Gasteiger partial charge in [-0.3, -0.25) is 28.8 Å². The van der Waals surface area contributed by atoms with Gasteiger partial charge in [0, 0.05) is 156 Å². The molecule has 5 aliphatic rings. The van der Waals surface area contributed by atoms with E-state index in [1.807, 2.05) is 59.5 Å². The highest BCUT2D eigenvalue weighted by atomic mass is 35.5. The maximum absolute atomic E-state index is 13.9. The van der Waals surface area contributed by atoms with Crippen LogP contribution in [0.3, 0.4) is 0 Å². The van der Waals surface area contributed by atoms with Crippen molar-refractivity contribution in [2.75, 3.05) is 98.2 Å². The zero-order chi connectivity index (χ0) is 83.5. The number of halogens is 5. The number of hydrogen-bond donors (Lipinski definition) is 7. The molecule has 0 radical (unpaired) electrons. The molecular weight excluding hydrogens is 1570 g/mol. The van der Waals surface area contributed by atoms with Crippen molar-refractivity contribution in [3.8, 4) is 0 Å². The van der Waals surface area contributed by atoms with E-state index in [1.54, 1.807) is 36.4 Å². The van der Waals surface area contributed by atoms with Crippen LogP contribution in [-0.2, 0) is 14.4 Å². The van der Waals surface area contributed by atoms with Crippen LogP contribution in [0.5, 0.6) is 0 Å². The average molecular weight is 1700 g/mol. The third-order valence-corrected chi connectivity index (χ3v) is 25.7. The van der Waals surface area contributed by atoms with Gasteiger partial charge >= 0.3 is 0 Å². The van der Waals surface area contributed by atoms with E-state index in [0.717, 1.165) is 127 Å². The molecule has 5 fully saturated rings. The number of carbonyl (C=O) groups is 6. The van der Waals surface area contributed by atoms with Gasteiger partial charge in [0.25, 0.3) is 17.7 Å². The highest BCUT2D eigenvalue weighted by Crippen LogP contribution is 2.31. The number of hydrogen-bond acceptors (Lipinski definition) is 12. The van der Waals surface area contributed by atoms with E-state index in [-0.39, 0.29) is 83.7 Å². The molecule has 23 heteroatoms. The molecule has 7 aromatic carbocycles. The molecule has 0 aliphatic carbocycles. The van der Waals surface area contributed by atoms with Crippen LogP contribution in [0.1, 0.15) is 197 Å². The minimum atomic E-state index is -0.334. The number of carbonyl (C=O) groups excluding carboxylic acids is 6. The normalized spacial score (nSPS) is 22.0. The molecule has 5 aliphatic heterocycles. The third kappa shape index (κ3) is 28.2. The zero-order valence-corrected chi connectivity index (χ0v) is 73.2. The maximum atomic E-state index is 13.9. The molecule has 5 saturated heterocycles. The Labute approximate surface area is 719 Å². The predicted octanol–water partition coefficient (Wildman–Crippen LogP) is 16.6. The van der Waals surface area contributed by atoms with Gasteiger partial charge in [-0.15, -0.1) is 0 Å². The van der Waals surface area contributed by atoms with E-state index in [9.17, 15) is 33.9 Å². The van der Waals surface area contributed by atoms with Gasteiger partial charge in [0.1, 0.15) is 0 Å². The monoisotopic (exact) mass is 1690 g/mol. The number of nitrogens with one attached hydrogen (secondary N) is 6. The van der Waals surface area contributed by atoms with Crippen LogP contribution in [0.25, 0.3) is 10.8 Å². The van der Waals surface area contributed by atoms with E-state index >= 15 is 0 Å². The standard InChI is InChI=1S/C32H44Cl2N4O2.C32H40ClN3O2.C30H40Cl2N4O3/c1-4-24(25-8-6-5-7-9-25)21-38-15-12-27(18-35-31(39)26-10-11-28(33)29(34)17-26)36-30(32(38)40)13-14-37-19-22(2)16-23(3)20-37;1-4-23(24-8-6-5-7-9-24)21-36-17-16-29(35-30(32(36)38)15-10-22(2)3)20-34-31(37)27-12-11-26-19-28(33)14-13-25(26)18-27;1-2-21(22-6-4-3-5-7-22)20-36-17-10-24(19-33-29(38)23-8-9-26(31)27(32)18-23)34-28(30(36)39)13-16-35-14-11-25(37)12-15-35/h5-11,17,22-24,27,30,36H,4,12-16,18-21H2,1-3H3,(H,35,39);5-9,11-14,18-19,22-23,29-30,35H,4,10,15-17,20-21H2,1-3H3,(H,34,37);3-9,18,21,24-25,28,34,37H,2,10-17,19-20H2,1H3,(H,33,38)/t22?,23?,24-,27+,30+;23-,29+,30+;21-,24+,28+/m111/s1. The first-order chi connectivity index (χ1) is 56.4. The summed E-state index contributed by atoms with van der Waals surface area (Å²) in [5, 5.41) is 34.0. The predicted molar refractivity (Wildman–Crippen MR) is 477 cm³/mol. The van der Waals surface area contributed by atoms with Gasteiger partial charge in [-0.25, -0.2) is 0 Å². The van der Waals surface area contributed by atoms with Crippen LogP contribution in [0, 0.1) is 17.8 Å². The Hall–Kier alpha value is -7.17. The van der Waals surface area contributed by atoms with Crippen molar-refractivity contribution < 1.29 is 33.9 Å². The topological polar surface area (TPSA) is 211 Å². The highest BCUT2D eigenvalue weighted by Gasteiger charge is 2.37. The highest BCUT2D eigenvalue weighted by molar-refractivity contribution is 6.42. The molecular formula is C94H124Cl5N11O7. The van der Waals surface area contributed by atoms with Gasteiger partial charge in [-0.2, -0.15) is 0 Å². The number of rotatable bonds is 30. The van der Waals surface area contributed by atoms with Crippen LogP contribution in [0.15, 0.2) is 164 Å². The first-order valence-electron chi connectivity index (χ1n) is 42.8. The van der Waals surface area contributed by atoms with Crippen molar-refractivity contribution >= 4 is 104 Å². The van der Waals surface area contributed by atoms with Crippen molar-refractivity contribution in [3.63, 3.8) is 0 Å². The molecule has 6 amide bonds. The van der Waals surface area contributed by atoms with Crippen molar-refractivity contribution in [1.82, 2.24) is 56.4 Å². The maximum Gasteiger partial charge on any atom is 0.251 e. The lowest BCUT2D eigenvalue weighted by Crippen LogP contribution is -2.51. The molecule has 2 unspecified atom stereocenters. The Kier molecular flexibility index (Phi) is 36.7. The van der Waals surface area contributed by atoms with Crippen LogP contribution in [0.2, 0.25) is 25.1 Å². The van der Waals surface area contributed by atoms with Crippen molar-refractivity contribution in [1.29, 1.82) is 0 Å². The summed E-state index contributed by atoms with van der Waals surface area (Å²) in [6.45, 7) is 26.5. The molecule has 0 spiro atoms. The molecule has 117 heavy (non-hydrogen) atoms. The molecule has 632 valence electrons. The van der Waals surface area contributed by atoms with Crippen LogP contribution in [-0.4, -0.2) is 206 Å². The minimum Gasteiger partial charge on any atom is -0.393 e. The first kappa shape index (κ1) is 92.1. The average Bonchev–Trinajstić information content (AvgIpc) is 1.72. The lowest BCUT2D eigenvalue weighted by Gasteiger charge is -2.36. The molecule has 0 aromatic heterocycles. The minimum absolute atomic E-state index is 0.0123. The van der Waals surface area contributed by atoms with Crippen LogP contribution >= 0.6 is 58.0 Å². The number of aliphatic hydroxyl groups excluding tert-OH is 1. The Morgan fingerprint density at radius 1 is 0.436 bits per heavy atom. The number of nitrogens with zero attached hydrogens (tertiary/aromatic N) is 5. The van der Waals surface area contributed by atoms with Gasteiger partial charge in [0.15, 0.2) is 0 Å². The van der Waals surface area contributed by atoms with Crippen molar-refractivity contribution in [2.45, 2.75) is 192 Å². The van der Waals surface area contributed by atoms with E-state index < -0.39 is 0 Å². The molecule has 12 rings (SSSR count). The van der Waals surface area contributed by atoms with Gasteiger partial charge < -0.3 is 61.5 Å². The Morgan fingerprint density at radius 3 is 1.18 bits per heavy atom. The summed E-state index contributed by atoms with van der Waals surface area (Å²) in [5.74, 6) is 2.71. The number of likely N-dealkylation sites (tertiary alicyclic amines) is 2. The van der Waals surface area contributed by atoms with E-state index in [1.165, 1.54) is 23.1 Å². The zero-order valence-electron chi connectivity index (χ0n) is 69.4. The van der Waals surface area contributed by atoms with E-state index in [2.05, 4.69) is 173 Å². The van der Waals surface area contributed by atoms with E-state index in [4.69, 9.17) is 58.0 Å². The quantitative estimate of drug-likeness (QED) is 0.0224. The largest absolute Gasteiger partial charge is 0.393 e. The lowest BCUT2D eigenvalue weighted by atomic mass is 9.91. The smallest absolute Gasteiger partial charge is 0.251 e. The summed E-state index contributed by atoms with van der Waals surface area (Å²) in [6.07, 6.45) is 11.0. The number of aliphatic hydroxyl groups is 1. The Balaban J connectivity index is 0.000000185. The van der Waals surface area contributed by atoms with Gasteiger partial charge in [-0.05, 0) is 189 Å². The Bertz CT molecular complexity index is 4310. The summed E-state index contributed by atoms with van der Waals surface area (Å²) in [7, 11) is 0. The summed E-state index contributed by atoms with van der Waals surface area (Å²) in [4.78, 5) is 91.0. The summed E-state index contributed by atoms with van der Waals surface area (Å²) >= 11 is 30.3. The van der Waals surface area contributed by atoms with Crippen LogP contribution in [0.4, 0.5) is 0 Å². The molecule has 0 bridgehead atoms. The molecule has 7 N–H and O–H groups in total. The van der Waals surface area contributed by atoms with Crippen molar-refractivity contribution in [2.24, 2.45) is 17.8 Å². The Morgan fingerprint density at radius 2 is 0.795 bits per heavy atom. The molecule has 11 atom stereocenters. The van der Waals surface area contributed by atoms with Crippen molar-refractivity contribution in [3.05, 3.63) is 222 Å². The van der Waals surface area contributed by atoms with Crippen LogP contribution < -0.4 is 31.9 Å². The van der Waals surface area contributed by atoms with Gasteiger partial charge in [0.2, 0.25) is 17.7 Å². The lowest BCUT2D eigenvalue weighted by molar-refractivity contribution is -0.134. The second-order valence-electron chi connectivity index (χ2n) is 33.4. The number of fused-ring (bicyclic) bond motifs is 1. The summed E-state index contributed by atoms with van der Waals surface area (Å²) < 4.78 is 0. The van der Waals surface area contributed by atoms with Gasteiger partial charge in [-0.1, -0.05) is 210 Å². The second kappa shape index (κ2) is 46.6. The fourth-order valence-electron chi connectivity index (χ4n) is 17.1. The summed E-state index contributed by atoms with van der Waals surface area (Å²) in [6, 6.07) is 51.5. The number of amides is 6.